The Morgan fingerprint density at radius 3 is 2.46 bits per heavy atom. The fraction of sp³-hybridized carbons (Fsp3) is 0.158. The Morgan fingerprint density at radius 2 is 1.85 bits per heavy atom. The van der Waals surface area contributed by atoms with Gasteiger partial charge < -0.3 is 10.1 Å². The van der Waals surface area contributed by atoms with Crippen LogP contribution < -0.4 is 5.32 Å². The Labute approximate surface area is 150 Å². The fourth-order valence-electron chi connectivity index (χ4n) is 2.23. The molecule has 0 spiro atoms. The SMILES string of the molecule is CC(=O)N/C(=C\c1ccccc1)C(=O)O[C@H](C)c1cccc([N+](=O)[O-])c1. The molecule has 0 saturated heterocycles. The van der Waals surface area contributed by atoms with Gasteiger partial charge in [-0.3, -0.25) is 14.9 Å². The lowest BCUT2D eigenvalue weighted by atomic mass is 10.1. The third-order valence-electron chi connectivity index (χ3n) is 3.48. The minimum atomic E-state index is -0.733. The number of nitrogens with one attached hydrogen (secondary N) is 1. The zero-order valence-corrected chi connectivity index (χ0v) is 14.3. The smallest absolute Gasteiger partial charge is 0.355 e. The first-order valence-corrected chi connectivity index (χ1v) is 7.86. The van der Waals surface area contributed by atoms with E-state index in [2.05, 4.69) is 5.32 Å². The number of nitro groups is 1. The molecule has 7 heteroatoms. The van der Waals surface area contributed by atoms with Gasteiger partial charge in [0.05, 0.1) is 4.92 Å². The van der Waals surface area contributed by atoms with Crippen LogP contribution in [0.1, 0.15) is 31.1 Å². The molecule has 2 aromatic rings. The number of nitro benzene ring substituents is 1. The molecule has 0 aliphatic rings. The lowest BCUT2D eigenvalue weighted by Gasteiger charge is -2.15. The highest BCUT2D eigenvalue weighted by atomic mass is 16.6. The second-order valence-electron chi connectivity index (χ2n) is 5.55. The predicted octanol–water partition coefficient (Wildman–Crippen LogP) is 3.38. The van der Waals surface area contributed by atoms with Crippen molar-refractivity contribution in [3.05, 3.63) is 81.5 Å². The molecule has 1 N–H and O–H groups in total. The van der Waals surface area contributed by atoms with Crippen LogP contribution in [0.25, 0.3) is 6.08 Å². The molecule has 1 amide bonds. The fourth-order valence-corrected chi connectivity index (χ4v) is 2.23. The van der Waals surface area contributed by atoms with E-state index in [-0.39, 0.29) is 11.4 Å². The summed E-state index contributed by atoms with van der Waals surface area (Å²) in [6.07, 6.45) is 0.777. The molecule has 7 nitrogen and oxygen atoms in total. The van der Waals surface area contributed by atoms with Gasteiger partial charge in [0.25, 0.3) is 5.69 Å². The summed E-state index contributed by atoms with van der Waals surface area (Å²) in [5, 5.41) is 13.3. The van der Waals surface area contributed by atoms with Crippen LogP contribution in [0.2, 0.25) is 0 Å². The van der Waals surface area contributed by atoms with Crippen molar-refractivity contribution in [1.82, 2.24) is 5.32 Å². The first-order valence-electron chi connectivity index (χ1n) is 7.86. The molecule has 0 radical (unpaired) electrons. The number of amides is 1. The van der Waals surface area contributed by atoms with E-state index in [4.69, 9.17) is 4.74 Å². The van der Waals surface area contributed by atoms with E-state index in [0.717, 1.165) is 5.56 Å². The van der Waals surface area contributed by atoms with Crippen LogP contribution in [0.15, 0.2) is 60.3 Å². The van der Waals surface area contributed by atoms with Gasteiger partial charge in [0.2, 0.25) is 5.91 Å². The molecule has 2 rings (SSSR count). The average molecular weight is 354 g/mol. The first kappa shape index (κ1) is 18.9. The minimum Gasteiger partial charge on any atom is -0.453 e. The topological polar surface area (TPSA) is 98.5 Å². The van der Waals surface area contributed by atoms with Crippen LogP contribution in [0.3, 0.4) is 0 Å². The maximum atomic E-state index is 12.4. The molecule has 1 atom stereocenters. The molecule has 0 aliphatic heterocycles. The van der Waals surface area contributed by atoms with Gasteiger partial charge in [0.1, 0.15) is 11.8 Å². The number of benzene rings is 2. The van der Waals surface area contributed by atoms with Crippen LogP contribution in [0.4, 0.5) is 5.69 Å². The number of hydrogen-bond acceptors (Lipinski definition) is 5. The van der Waals surface area contributed by atoms with E-state index in [1.807, 2.05) is 6.07 Å². The third kappa shape index (κ3) is 5.27. The Morgan fingerprint density at radius 1 is 1.15 bits per heavy atom. The molecule has 0 bridgehead atoms. The number of esters is 1. The van der Waals surface area contributed by atoms with Crippen LogP contribution in [0.5, 0.6) is 0 Å². The molecular formula is C19H18N2O5. The van der Waals surface area contributed by atoms with Crippen LogP contribution >= 0.6 is 0 Å². The quantitative estimate of drug-likeness (QED) is 0.371. The Bertz CT molecular complexity index is 846. The first-order chi connectivity index (χ1) is 12.4. The molecule has 0 aromatic heterocycles. The van der Waals surface area contributed by atoms with E-state index in [1.165, 1.54) is 31.2 Å². The third-order valence-corrected chi connectivity index (χ3v) is 3.48. The second-order valence-corrected chi connectivity index (χ2v) is 5.55. The number of nitrogens with zero attached hydrogens (tertiary/aromatic N) is 1. The maximum absolute atomic E-state index is 12.4. The highest BCUT2D eigenvalue weighted by molar-refractivity contribution is 5.97. The van der Waals surface area contributed by atoms with Crippen molar-refractivity contribution in [3.8, 4) is 0 Å². The molecule has 0 aliphatic carbocycles. The summed E-state index contributed by atoms with van der Waals surface area (Å²) in [6, 6.07) is 14.8. The van der Waals surface area contributed by atoms with Crippen molar-refractivity contribution in [2.75, 3.05) is 0 Å². The van der Waals surface area contributed by atoms with Crippen molar-refractivity contribution in [3.63, 3.8) is 0 Å². The number of hydrogen-bond donors (Lipinski definition) is 1. The van der Waals surface area contributed by atoms with E-state index in [1.54, 1.807) is 37.3 Å². The summed E-state index contributed by atoms with van der Waals surface area (Å²) in [6.45, 7) is 2.89. The highest BCUT2D eigenvalue weighted by Gasteiger charge is 2.19. The lowest BCUT2D eigenvalue weighted by molar-refractivity contribution is -0.385. The largest absolute Gasteiger partial charge is 0.453 e. The lowest BCUT2D eigenvalue weighted by Crippen LogP contribution is -2.27. The van der Waals surface area contributed by atoms with Gasteiger partial charge in [0.15, 0.2) is 0 Å². The summed E-state index contributed by atoms with van der Waals surface area (Å²) >= 11 is 0. The number of ether oxygens (including phenoxy) is 1. The van der Waals surface area contributed by atoms with Gasteiger partial charge in [-0.25, -0.2) is 4.79 Å². The van der Waals surface area contributed by atoms with E-state index < -0.39 is 22.9 Å². The molecule has 0 unspecified atom stereocenters. The second kappa shape index (κ2) is 8.57. The van der Waals surface area contributed by atoms with Gasteiger partial charge in [-0.05, 0) is 24.1 Å². The van der Waals surface area contributed by atoms with E-state index in [9.17, 15) is 19.7 Å². The maximum Gasteiger partial charge on any atom is 0.355 e. The molecule has 26 heavy (non-hydrogen) atoms. The van der Waals surface area contributed by atoms with Crippen molar-refractivity contribution in [2.24, 2.45) is 0 Å². The van der Waals surface area contributed by atoms with Gasteiger partial charge in [-0.1, -0.05) is 42.5 Å². The molecule has 2 aromatic carbocycles. The zero-order valence-electron chi connectivity index (χ0n) is 14.3. The van der Waals surface area contributed by atoms with Crippen molar-refractivity contribution in [2.45, 2.75) is 20.0 Å². The number of non-ortho nitro benzene ring substituents is 1. The normalized spacial score (nSPS) is 12.2. The zero-order chi connectivity index (χ0) is 19.1. The van der Waals surface area contributed by atoms with Gasteiger partial charge in [0, 0.05) is 19.1 Å². The molecule has 0 heterocycles. The summed E-state index contributed by atoms with van der Waals surface area (Å²) in [4.78, 5) is 34.2. The van der Waals surface area contributed by atoms with Crippen molar-refractivity contribution >= 4 is 23.6 Å². The van der Waals surface area contributed by atoms with Crippen LogP contribution in [0, 0.1) is 10.1 Å². The van der Waals surface area contributed by atoms with Crippen LogP contribution in [-0.2, 0) is 14.3 Å². The molecule has 0 saturated carbocycles. The summed E-state index contributed by atoms with van der Waals surface area (Å²) in [5.74, 6) is -1.14. The average Bonchev–Trinajstić information content (AvgIpc) is 2.61. The monoisotopic (exact) mass is 354 g/mol. The minimum absolute atomic E-state index is 0.0130. The van der Waals surface area contributed by atoms with E-state index in [0.29, 0.717) is 5.56 Å². The number of carbonyl (C=O) groups is 2. The van der Waals surface area contributed by atoms with Crippen molar-refractivity contribution < 1.29 is 19.2 Å². The van der Waals surface area contributed by atoms with Gasteiger partial charge >= 0.3 is 5.97 Å². The molecule has 134 valence electrons. The van der Waals surface area contributed by atoms with E-state index >= 15 is 0 Å². The standard InChI is InChI=1S/C19H18N2O5/c1-13(16-9-6-10-17(12-16)21(24)25)26-19(23)18(20-14(2)22)11-15-7-4-3-5-8-15/h3-13H,1-2H3,(H,20,22)/b18-11-/t13-/m1/s1. The Kier molecular flexibility index (Phi) is 6.21. The molecule has 0 fully saturated rings. The van der Waals surface area contributed by atoms with Gasteiger partial charge in [-0.15, -0.1) is 0 Å². The number of carbonyl (C=O) groups excluding carboxylic acids is 2. The Hall–Kier alpha value is -3.48. The summed E-state index contributed by atoms with van der Waals surface area (Å²) in [5.41, 5.74) is 1.10. The van der Waals surface area contributed by atoms with Crippen molar-refractivity contribution in [1.29, 1.82) is 0 Å². The summed E-state index contributed by atoms with van der Waals surface area (Å²) in [7, 11) is 0. The molecular weight excluding hydrogens is 336 g/mol. The van der Waals surface area contributed by atoms with Gasteiger partial charge in [-0.2, -0.15) is 0 Å². The predicted molar refractivity (Wildman–Crippen MR) is 95.8 cm³/mol. The highest BCUT2D eigenvalue weighted by Crippen LogP contribution is 2.22. The summed E-state index contributed by atoms with van der Waals surface area (Å²) < 4.78 is 5.36. The van der Waals surface area contributed by atoms with Crippen LogP contribution in [-0.4, -0.2) is 16.8 Å². The Balaban J connectivity index is 2.21. The number of rotatable bonds is 6.